The van der Waals surface area contributed by atoms with E-state index in [9.17, 15) is 13.2 Å². The third-order valence-corrected chi connectivity index (χ3v) is 5.95. The zero-order valence-corrected chi connectivity index (χ0v) is 16.2. The number of aromatic amines is 1. The molecule has 1 fully saturated rings. The molecule has 10 heteroatoms. The first-order valence-corrected chi connectivity index (χ1v) is 9.65. The van der Waals surface area contributed by atoms with Crippen LogP contribution in [0.2, 0.25) is 10.0 Å². The number of fused-ring (bicyclic) bond motifs is 1. The molecule has 1 aliphatic heterocycles. The Morgan fingerprint density at radius 3 is 2.56 bits per heavy atom. The van der Waals surface area contributed by atoms with E-state index in [1.807, 2.05) is 0 Å². The lowest BCUT2D eigenvalue weighted by Gasteiger charge is -2.25. The van der Waals surface area contributed by atoms with E-state index < -0.39 is 21.9 Å². The molecule has 1 N–H and O–H groups in total. The summed E-state index contributed by atoms with van der Waals surface area (Å²) in [6.07, 6.45) is 0.647. The Hall–Kier alpha value is -1.64. The van der Waals surface area contributed by atoms with Crippen LogP contribution in [0.15, 0.2) is 18.3 Å². The molecule has 0 bridgehead atoms. The number of hydrogen-bond donors (Lipinski definition) is 1. The van der Waals surface area contributed by atoms with Gasteiger partial charge in [-0.15, -0.1) is 0 Å². The topological polar surface area (TPSA) is 82.7 Å². The van der Waals surface area contributed by atoms with Crippen LogP contribution in [0.25, 0.3) is 10.9 Å². The Labute approximate surface area is 155 Å². The molecule has 3 rings (SSSR count). The van der Waals surface area contributed by atoms with Gasteiger partial charge in [0.05, 0.1) is 29.3 Å². The average molecular weight is 406 g/mol. The summed E-state index contributed by atoms with van der Waals surface area (Å²) in [5.41, 5.74) is 0.131. The summed E-state index contributed by atoms with van der Waals surface area (Å²) >= 11 is 12.3. The van der Waals surface area contributed by atoms with E-state index in [1.165, 1.54) is 6.07 Å². The number of benzene rings is 1. The third kappa shape index (κ3) is 3.26. The molecular formula is C15H17Cl2N3O4S. The number of H-pyrrole nitrogens is 1. The summed E-state index contributed by atoms with van der Waals surface area (Å²) in [5, 5.41) is 1.25. The minimum Gasteiger partial charge on any atom is -0.443 e. The highest BCUT2D eigenvalue weighted by Crippen LogP contribution is 2.38. The molecule has 1 aliphatic rings. The number of nitrogens with one attached hydrogen (secondary N) is 1. The number of aromatic nitrogens is 1. The fraction of sp³-hybridized carbons (Fsp3) is 0.400. The van der Waals surface area contributed by atoms with Gasteiger partial charge in [0.2, 0.25) is 0 Å². The van der Waals surface area contributed by atoms with E-state index in [2.05, 4.69) is 4.98 Å². The molecule has 2 aromatic rings. The number of rotatable bonds is 1. The Morgan fingerprint density at radius 1 is 1.24 bits per heavy atom. The van der Waals surface area contributed by atoms with Gasteiger partial charge in [-0.25, -0.2) is 4.79 Å². The van der Waals surface area contributed by atoms with Crippen molar-refractivity contribution in [2.45, 2.75) is 26.4 Å². The van der Waals surface area contributed by atoms with Gasteiger partial charge in [-0.3, -0.25) is 4.31 Å². The van der Waals surface area contributed by atoms with Crippen LogP contribution in [0.5, 0.6) is 0 Å². The molecule has 0 spiro atoms. The van der Waals surface area contributed by atoms with Gasteiger partial charge < -0.3 is 9.72 Å². The highest BCUT2D eigenvalue weighted by Gasteiger charge is 2.43. The lowest BCUT2D eigenvalue weighted by molar-refractivity contribution is 0.0405. The van der Waals surface area contributed by atoms with Gasteiger partial charge in [-0.05, 0) is 32.9 Å². The van der Waals surface area contributed by atoms with Crippen LogP contribution >= 0.6 is 23.2 Å². The molecule has 1 amide bonds. The average Bonchev–Trinajstić information content (AvgIpc) is 2.96. The smallest absolute Gasteiger partial charge is 0.425 e. The molecule has 0 radical (unpaired) electrons. The van der Waals surface area contributed by atoms with Gasteiger partial charge in [0.25, 0.3) is 0 Å². The highest BCUT2D eigenvalue weighted by atomic mass is 35.5. The van der Waals surface area contributed by atoms with E-state index in [-0.39, 0.29) is 13.1 Å². The fourth-order valence-corrected chi connectivity index (χ4v) is 4.59. The van der Waals surface area contributed by atoms with E-state index in [1.54, 1.807) is 33.0 Å². The number of nitrogens with zero attached hydrogens (tertiary/aromatic N) is 2. The molecule has 136 valence electrons. The van der Waals surface area contributed by atoms with E-state index in [4.69, 9.17) is 27.9 Å². The van der Waals surface area contributed by atoms with Gasteiger partial charge in [0.15, 0.2) is 0 Å². The second-order valence-electron chi connectivity index (χ2n) is 6.62. The molecule has 1 aromatic carbocycles. The van der Waals surface area contributed by atoms with Gasteiger partial charge in [0, 0.05) is 16.6 Å². The van der Waals surface area contributed by atoms with Crippen LogP contribution in [0.1, 0.15) is 20.8 Å². The number of hydrogen-bond acceptors (Lipinski definition) is 4. The first-order chi connectivity index (χ1) is 11.5. The Bertz CT molecular complexity index is 950. The molecule has 7 nitrogen and oxygen atoms in total. The SMILES string of the molecule is CC(C)(C)OC(=O)N1CCN(c2cc(Cl)cc3[nH]cc(Cl)c23)S1(=O)=O. The van der Waals surface area contributed by atoms with E-state index in [0.717, 1.165) is 4.31 Å². The van der Waals surface area contributed by atoms with Crippen LogP contribution < -0.4 is 4.31 Å². The second kappa shape index (κ2) is 5.96. The number of anilines is 1. The molecule has 0 atom stereocenters. The number of carbonyl (C=O) groups excluding carboxylic acids is 1. The maximum atomic E-state index is 12.9. The zero-order valence-electron chi connectivity index (χ0n) is 13.8. The number of carbonyl (C=O) groups is 1. The Balaban J connectivity index is 2.03. The third-order valence-electron chi connectivity index (χ3n) is 3.60. The first-order valence-electron chi connectivity index (χ1n) is 7.50. The minimum absolute atomic E-state index is 0.0205. The number of halogens is 2. The van der Waals surface area contributed by atoms with Gasteiger partial charge in [0.1, 0.15) is 5.60 Å². The zero-order chi connectivity index (χ0) is 18.6. The fourth-order valence-electron chi connectivity index (χ4n) is 2.64. The second-order valence-corrected chi connectivity index (χ2v) is 9.24. The molecule has 0 unspecified atom stereocenters. The van der Waals surface area contributed by atoms with Crippen LogP contribution in [0.4, 0.5) is 10.5 Å². The molecule has 0 saturated carbocycles. The molecule has 0 aliphatic carbocycles. The lowest BCUT2D eigenvalue weighted by atomic mass is 10.2. The minimum atomic E-state index is -4.09. The maximum Gasteiger partial charge on any atom is 0.425 e. The van der Waals surface area contributed by atoms with Crippen molar-refractivity contribution in [3.05, 3.63) is 28.4 Å². The van der Waals surface area contributed by atoms with Crippen molar-refractivity contribution in [3.8, 4) is 0 Å². The summed E-state index contributed by atoms with van der Waals surface area (Å²) in [6.45, 7) is 5.08. The largest absolute Gasteiger partial charge is 0.443 e. The van der Waals surface area contributed by atoms with Crippen molar-refractivity contribution in [1.82, 2.24) is 9.29 Å². The van der Waals surface area contributed by atoms with Gasteiger partial charge in [-0.1, -0.05) is 23.2 Å². The van der Waals surface area contributed by atoms with Crippen molar-refractivity contribution in [2.75, 3.05) is 17.4 Å². The standard InChI is InChI=1S/C15H17Cl2N3O4S/c1-15(2,3)24-14(21)20-5-4-19(25(20,22)23)12-7-9(16)6-11-13(12)10(17)8-18-11/h6-8,18H,4-5H2,1-3H3. The first kappa shape index (κ1) is 18.2. The monoisotopic (exact) mass is 405 g/mol. The highest BCUT2D eigenvalue weighted by molar-refractivity contribution is 7.91. The van der Waals surface area contributed by atoms with Crippen molar-refractivity contribution < 1.29 is 17.9 Å². The number of ether oxygens (including phenoxy) is 1. The van der Waals surface area contributed by atoms with E-state index in [0.29, 0.717) is 30.9 Å². The summed E-state index contributed by atoms with van der Waals surface area (Å²) in [6, 6.07) is 3.17. The summed E-state index contributed by atoms with van der Waals surface area (Å²) in [7, 11) is -4.09. The normalized spacial score (nSPS) is 17.3. The maximum absolute atomic E-state index is 12.9. The molecule has 25 heavy (non-hydrogen) atoms. The summed E-state index contributed by atoms with van der Waals surface area (Å²) < 4.78 is 32.7. The van der Waals surface area contributed by atoms with Crippen LogP contribution in [-0.2, 0) is 14.9 Å². The van der Waals surface area contributed by atoms with E-state index >= 15 is 0 Å². The number of amides is 1. The Kier molecular flexibility index (Phi) is 4.33. The predicted octanol–water partition coefficient (Wildman–Crippen LogP) is 3.78. The van der Waals surface area contributed by atoms with Crippen LogP contribution in [0.3, 0.4) is 0 Å². The molecule has 1 aromatic heterocycles. The lowest BCUT2D eigenvalue weighted by Crippen LogP contribution is -2.40. The summed E-state index contributed by atoms with van der Waals surface area (Å²) in [5.74, 6) is 0. The predicted molar refractivity (Wildman–Crippen MR) is 97.5 cm³/mol. The van der Waals surface area contributed by atoms with Crippen molar-refractivity contribution in [1.29, 1.82) is 0 Å². The van der Waals surface area contributed by atoms with Crippen LogP contribution in [-0.4, -0.2) is 42.5 Å². The van der Waals surface area contributed by atoms with Crippen molar-refractivity contribution >= 4 is 56.1 Å². The molecule has 2 heterocycles. The summed E-state index contributed by atoms with van der Waals surface area (Å²) in [4.78, 5) is 15.2. The quantitative estimate of drug-likeness (QED) is 0.782. The molecular weight excluding hydrogens is 389 g/mol. The van der Waals surface area contributed by atoms with Gasteiger partial charge >= 0.3 is 16.3 Å². The van der Waals surface area contributed by atoms with Gasteiger partial charge in [-0.2, -0.15) is 12.7 Å². The van der Waals surface area contributed by atoms with Crippen molar-refractivity contribution in [3.63, 3.8) is 0 Å². The van der Waals surface area contributed by atoms with Crippen molar-refractivity contribution in [2.24, 2.45) is 0 Å². The Morgan fingerprint density at radius 2 is 1.92 bits per heavy atom. The molecule has 1 saturated heterocycles. The van der Waals surface area contributed by atoms with Crippen LogP contribution in [0, 0.1) is 0 Å².